The van der Waals surface area contributed by atoms with Crippen molar-refractivity contribution in [2.75, 3.05) is 0 Å². The van der Waals surface area contributed by atoms with Crippen LogP contribution in [0.1, 0.15) is 0 Å². The molecule has 0 amide bonds. The van der Waals surface area contributed by atoms with Crippen molar-refractivity contribution in [3.05, 3.63) is 206 Å². The summed E-state index contributed by atoms with van der Waals surface area (Å²) in [5, 5.41) is 9.86. The minimum atomic E-state index is 0.583. The summed E-state index contributed by atoms with van der Waals surface area (Å²) in [5.41, 5.74) is 13.8. The van der Waals surface area contributed by atoms with Crippen LogP contribution < -0.4 is 0 Å². The molecule has 0 atom stereocenters. The Labute approximate surface area is 365 Å². The Hall–Kier alpha value is -8.74. The van der Waals surface area contributed by atoms with E-state index in [4.69, 9.17) is 18.8 Å². The third-order valence-corrected chi connectivity index (χ3v) is 13.0. The van der Waals surface area contributed by atoms with E-state index in [0.717, 1.165) is 55.8 Å². The monoisotopic (exact) mass is 818 g/mol. The van der Waals surface area contributed by atoms with Crippen LogP contribution in [0.4, 0.5) is 0 Å². The van der Waals surface area contributed by atoms with E-state index >= 15 is 0 Å². The van der Waals surface area contributed by atoms with E-state index in [2.05, 4.69) is 203 Å². The summed E-state index contributed by atoms with van der Waals surface area (Å²) in [6, 6.07) is 72.7. The molecule has 0 fully saturated rings. The Bertz CT molecular complexity index is 3910. The molecule has 0 bridgehead atoms. The van der Waals surface area contributed by atoms with E-state index in [1.165, 1.54) is 65.2 Å². The molecule has 64 heavy (non-hydrogen) atoms. The topological polar surface area (TPSA) is 61.9 Å². The van der Waals surface area contributed by atoms with Gasteiger partial charge in [0, 0.05) is 54.8 Å². The van der Waals surface area contributed by atoms with Gasteiger partial charge in [0.2, 0.25) is 11.8 Å². The van der Waals surface area contributed by atoms with Crippen LogP contribution in [0.2, 0.25) is 0 Å². The van der Waals surface area contributed by atoms with Crippen LogP contribution in [0, 0.1) is 0 Å². The van der Waals surface area contributed by atoms with E-state index in [1.807, 2.05) is 12.1 Å². The highest BCUT2D eigenvalue weighted by atomic mass is 16.4. The first-order valence-corrected chi connectivity index (χ1v) is 21.6. The second-order valence-electron chi connectivity index (χ2n) is 16.6. The maximum Gasteiger partial charge on any atom is 0.227 e. The summed E-state index contributed by atoms with van der Waals surface area (Å²) in [6.45, 7) is 0. The van der Waals surface area contributed by atoms with Crippen molar-refractivity contribution in [3.8, 4) is 45.4 Å². The van der Waals surface area contributed by atoms with E-state index in [-0.39, 0.29) is 0 Å². The number of benzene rings is 10. The number of fused-ring (bicyclic) bond motifs is 12. The average Bonchev–Trinajstić information content (AvgIpc) is 4.15. The maximum atomic E-state index is 6.44. The Morgan fingerprint density at radius 3 is 1.16 bits per heavy atom. The lowest BCUT2D eigenvalue weighted by atomic mass is 10.1. The van der Waals surface area contributed by atoms with Crippen LogP contribution >= 0.6 is 0 Å². The zero-order valence-electron chi connectivity index (χ0n) is 34.2. The zero-order chi connectivity index (χ0) is 41.9. The molecule has 6 heteroatoms. The third kappa shape index (κ3) is 5.20. The van der Waals surface area contributed by atoms with Crippen LogP contribution in [0.5, 0.6) is 0 Å². The molecule has 4 heterocycles. The number of hydrogen-bond acceptors (Lipinski definition) is 4. The van der Waals surface area contributed by atoms with Gasteiger partial charge in [0.05, 0.1) is 22.1 Å². The van der Waals surface area contributed by atoms with Crippen molar-refractivity contribution in [2.45, 2.75) is 0 Å². The lowest BCUT2D eigenvalue weighted by Gasteiger charge is -2.10. The maximum absolute atomic E-state index is 6.44. The molecule has 0 N–H and O–H groups in total. The van der Waals surface area contributed by atoms with Gasteiger partial charge in [0.25, 0.3) is 0 Å². The van der Waals surface area contributed by atoms with Gasteiger partial charge in [0.1, 0.15) is 11.0 Å². The predicted molar refractivity (Wildman–Crippen MR) is 262 cm³/mol. The molecular weight excluding hydrogens is 785 g/mol. The molecule has 14 aromatic rings. The number of para-hydroxylation sites is 2. The molecule has 14 rings (SSSR count). The molecule has 6 nitrogen and oxygen atoms in total. The molecule has 0 unspecified atom stereocenters. The summed E-state index contributed by atoms with van der Waals surface area (Å²) < 4.78 is 17.6. The fourth-order valence-electron chi connectivity index (χ4n) is 9.96. The number of nitrogens with zero attached hydrogens (tertiary/aromatic N) is 4. The Balaban J connectivity index is 0.771. The predicted octanol–water partition coefficient (Wildman–Crippen LogP) is 15.5. The first kappa shape index (κ1) is 34.9. The number of hydrogen-bond donors (Lipinski definition) is 0. The highest BCUT2D eigenvalue weighted by Gasteiger charge is 2.18. The summed E-state index contributed by atoms with van der Waals surface area (Å²) in [6.07, 6.45) is 0. The van der Waals surface area contributed by atoms with Crippen molar-refractivity contribution in [1.82, 2.24) is 19.1 Å². The second kappa shape index (κ2) is 13.4. The van der Waals surface area contributed by atoms with E-state index in [9.17, 15) is 0 Å². The fraction of sp³-hybridized carbons (Fsp3) is 0. The Morgan fingerprint density at radius 2 is 0.703 bits per heavy atom. The van der Waals surface area contributed by atoms with Crippen molar-refractivity contribution >= 4 is 87.4 Å². The minimum absolute atomic E-state index is 0.583. The summed E-state index contributed by atoms with van der Waals surface area (Å²) in [5.74, 6) is 1.17. The van der Waals surface area contributed by atoms with Gasteiger partial charge in [-0.1, -0.05) is 121 Å². The molecule has 298 valence electrons. The van der Waals surface area contributed by atoms with Gasteiger partial charge in [-0.15, -0.1) is 0 Å². The minimum Gasteiger partial charge on any atom is -0.436 e. The van der Waals surface area contributed by atoms with E-state index in [0.29, 0.717) is 11.8 Å². The SMILES string of the molecule is c1ccc2c(c1)ccc1c3ccccc3n(-c3ccc(-c4nc5ccc(-c6ccc7nc(-c8ccc(-n9c%10ccccc%10c%10ccc%11ccccc%11c%109)cc8)oc7c6)cc5o4)cc3)c21. The normalized spacial score (nSPS) is 12.1. The smallest absolute Gasteiger partial charge is 0.227 e. The quantitative estimate of drug-likeness (QED) is 0.174. The summed E-state index contributed by atoms with van der Waals surface area (Å²) in [7, 11) is 0. The van der Waals surface area contributed by atoms with Crippen molar-refractivity contribution < 1.29 is 8.83 Å². The number of aromatic nitrogens is 4. The molecule has 0 aliphatic heterocycles. The molecule has 0 radical (unpaired) electrons. The zero-order valence-corrected chi connectivity index (χ0v) is 34.2. The first-order chi connectivity index (χ1) is 31.7. The van der Waals surface area contributed by atoms with Crippen LogP contribution in [0.15, 0.2) is 215 Å². The van der Waals surface area contributed by atoms with Crippen molar-refractivity contribution in [3.63, 3.8) is 0 Å². The largest absolute Gasteiger partial charge is 0.436 e. The highest BCUT2D eigenvalue weighted by molar-refractivity contribution is 6.19. The third-order valence-electron chi connectivity index (χ3n) is 13.0. The Kier molecular flexibility index (Phi) is 7.30. The van der Waals surface area contributed by atoms with E-state index in [1.54, 1.807) is 0 Å². The first-order valence-electron chi connectivity index (χ1n) is 21.6. The van der Waals surface area contributed by atoms with Gasteiger partial charge in [-0.05, 0) is 107 Å². The van der Waals surface area contributed by atoms with Crippen LogP contribution in [0.25, 0.3) is 133 Å². The lowest BCUT2D eigenvalue weighted by molar-refractivity contribution is 0.619. The average molecular weight is 819 g/mol. The molecule has 4 aromatic heterocycles. The van der Waals surface area contributed by atoms with Crippen LogP contribution in [-0.2, 0) is 0 Å². The lowest BCUT2D eigenvalue weighted by Crippen LogP contribution is -1.94. The van der Waals surface area contributed by atoms with Gasteiger partial charge in [-0.3, -0.25) is 0 Å². The molecule has 0 saturated heterocycles. The molecular formula is C58H34N4O2. The molecule has 0 aliphatic rings. The van der Waals surface area contributed by atoms with Gasteiger partial charge in [-0.25, -0.2) is 9.97 Å². The molecule has 10 aromatic carbocycles. The fourth-order valence-corrected chi connectivity index (χ4v) is 9.96. The summed E-state index contributed by atoms with van der Waals surface area (Å²) >= 11 is 0. The van der Waals surface area contributed by atoms with E-state index < -0.39 is 0 Å². The number of oxazole rings is 2. The van der Waals surface area contributed by atoms with Gasteiger partial charge in [-0.2, -0.15) is 0 Å². The highest BCUT2D eigenvalue weighted by Crippen LogP contribution is 2.40. The van der Waals surface area contributed by atoms with Crippen molar-refractivity contribution in [1.29, 1.82) is 0 Å². The van der Waals surface area contributed by atoms with Gasteiger partial charge >= 0.3 is 0 Å². The standard InChI is InChI=1S/C58H34N4O2/c1-3-11-43-35(9-1)21-29-47-45-13-5-7-15-51(45)61(55(43)47)41-25-17-37(18-26-41)57-59-49-31-23-39(33-53(49)63-57)40-24-32-50-54(34-40)64-58(60-50)38-19-27-42(28-20-38)62-52-16-8-6-14-46(52)48-30-22-36-10-2-4-12-44(36)56(48)62/h1-34H. The summed E-state index contributed by atoms with van der Waals surface area (Å²) in [4.78, 5) is 9.80. The second-order valence-corrected chi connectivity index (χ2v) is 16.6. The van der Waals surface area contributed by atoms with Crippen LogP contribution in [0.3, 0.4) is 0 Å². The molecule has 0 saturated carbocycles. The molecule has 0 aliphatic carbocycles. The van der Waals surface area contributed by atoms with Gasteiger partial charge in [0.15, 0.2) is 11.2 Å². The Morgan fingerprint density at radius 1 is 0.312 bits per heavy atom. The molecule has 0 spiro atoms. The van der Waals surface area contributed by atoms with Crippen molar-refractivity contribution in [2.24, 2.45) is 0 Å². The van der Waals surface area contributed by atoms with Gasteiger partial charge < -0.3 is 18.0 Å². The number of rotatable bonds is 5. The van der Waals surface area contributed by atoms with Crippen LogP contribution in [-0.4, -0.2) is 19.1 Å².